The lowest BCUT2D eigenvalue weighted by Gasteiger charge is -2.40. The first kappa shape index (κ1) is 33.7. The van der Waals surface area contributed by atoms with E-state index in [1.165, 1.54) is 12.1 Å². The predicted octanol–water partition coefficient (Wildman–Crippen LogP) is 4.36. The van der Waals surface area contributed by atoms with E-state index < -0.39 is 39.5 Å². The molecule has 3 aromatic rings. The highest BCUT2D eigenvalue weighted by atomic mass is 35.5. The first-order chi connectivity index (χ1) is 23.9. The molecule has 6 amide bonds. The first-order valence-electron chi connectivity index (χ1n) is 16.7. The van der Waals surface area contributed by atoms with Crippen LogP contribution in [0.15, 0.2) is 65.6 Å². The average molecular weight is 718 g/mol. The Balaban J connectivity index is 0.981. The monoisotopic (exact) mass is 717 g/mol. The first-order valence-corrected chi connectivity index (χ1v) is 18.9. The molecule has 0 aliphatic carbocycles. The number of hydrogen-bond donors (Lipinski definition) is 1. The molecule has 4 aliphatic rings. The van der Waals surface area contributed by atoms with Gasteiger partial charge in [0.2, 0.25) is 11.8 Å². The summed E-state index contributed by atoms with van der Waals surface area (Å²) in [6, 6.07) is 16.3. The molecule has 3 aromatic carbocycles. The van der Waals surface area contributed by atoms with Crippen molar-refractivity contribution in [3.05, 3.63) is 76.8 Å². The van der Waals surface area contributed by atoms with Gasteiger partial charge < -0.3 is 9.80 Å². The van der Waals surface area contributed by atoms with Gasteiger partial charge >= 0.3 is 6.03 Å². The summed E-state index contributed by atoms with van der Waals surface area (Å²) in [6.45, 7) is 3.31. The highest BCUT2D eigenvalue weighted by Gasteiger charge is 2.45. The van der Waals surface area contributed by atoms with Crippen molar-refractivity contribution in [1.29, 1.82) is 0 Å². The van der Waals surface area contributed by atoms with Crippen molar-refractivity contribution in [3.8, 4) is 11.1 Å². The van der Waals surface area contributed by atoms with Gasteiger partial charge in [0.25, 0.3) is 11.8 Å². The number of benzene rings is 3. The lowest BCUT2D eigenvalue weighted by Crippen LogP contribution is -2.54. The zero-order chi connectivity index (χ0) is 35.3. The van der Waals surface area contributed by atoms with E-state index in [9.17, 15) is 32.4 Å². The molecule has 0 bridgehead atoms. The number of anilines is 2. The summed E-state index contributed by atoms with van der Waals surface area (Å²) < 4.78 is 23.9. The number of sulfone groups is 1. The molecule has 14 heteroatoms. The van der Waals surface area contributed by atoms with Crippen molar-refractivity contribution in [3.63, 3.8) is 0 Å². The summed E-state index contributed by atoms with van der Waals surface area (Å²) in [4.78, 5) is 71.1. The third-order valence-corrected chi connectivity index (χ3v) is 11.5. The Labute approximate surface area is 294 Å². The van der Waals surface area contributed by atoms with Crippen molar-refractivity contribution in [1.82, 2.24) is 15.1 Å². The number of carbonyl (C=O) groups excluding carboxylic acids is 5. The lowest BCUT2D eigenvalue weighted by molar-refractivity contribution is -0.136. The van der Waals surface area contributed by atoms with Gasteiger partial charge in [0.1, 0.15) is 6.04 Å². The highest BCUT2D eigenvalue weighted by Crippen LogP contribution is 2.35. The van der Waals surface area contributed by atoms with E-state index >= 15 is 0 Å². The summed E-state index contributed by atoms with van der Waals surface area (Å²) in [5, 5.41) is 2.54. The molecule has 1 N–H and O–H groups in total. The average Bonchev–Trinajstić information content (AvgIpc) is 3.34. The van der Waals surface area contributed by atoms with E-state index in [1.54, 1.807) is 23.1 Å². The van der Waals surface area contributed by atoms with Crippen LogP contribution in [0.5, 0.6) is 0 Å². The SMILES string of the molecule is CS(=O)(=O)c1ccc(-c2cccc(N3CCCN(CC4CCN(c5ccc6c(c5)C(=O)N(C5CCC(=O)NC5=O)C6=O)CC4)C3=O)c2)c(Cl)c1. The Hall–Kier alpha value is -4.75. The molecule has 0 spiro atoms. The van der Waals surface area contributed by atoms with Crippen LogP contribution in [-0.4, -0.2) is 92.9 Å². The highest BCUT2D eigenvalue weighted by molar-refractivity contribution is 7.90. The summed E-state index contributed by atoms with van der Waals surface area (Å²) in [5.41, 5.74) is 3.54. The van der Waals surface area contributed by atoms with E-state index in [0.29, 0.717) is 30.2 Å². The van der Waals surface area contributed by atoms with Crippen LogP contribution in [0, 0.1) is 5.92 Å². The number of rotatable bonds is 7. The summed E-state index contributed by atoms with van der Waals surface area (Å²) >= 11 is 6.49. The number of halogens is 1. The Morgan fingerprint density at radius 1 is 0.800 bits per heavy atom. The van der Waals surface area contributed by atoms with E-state index in [2.05, 4.69) is 10.2 Å². The fourth-order valence-corrected chi connectivity index (χ4v) is 8.34. The van der Waals surface area contributed by atoms with Crippen LogP contribution in [0.4, 0.5) is 16.2 Å². The molecule has 4 heterocycles. The second-order valence-corrected chi connectivity index (χ2v) is 15.7. The van der Waals surface area contributed by atoms with Crippen molar-refractivity contribution < 1.29 is 32.4 Å². The minimum absolute atomic E-state index is 0.0586. The molecule has 260 valence electrons. The number of hydrogen-bond acceptors (Lipinski definition) is 8. The number of piperidine rings is 2. The van der Waals surface area contributed by atoms with E-state index in [-0.39, 0.29) is 40.8 Å². The van der Waals surface area contributed by atoms with Gasteiger partial charge in [-0.1, -0.05) is 29.8 Å². The molecule has 12 nitrogen and oxygen atoms in total. The van der Waals surface area contributed by atoms with E-state index in [0.717, 1.165) is 60.4 Å². The van der Waals surface area contributed by atoms with Crippen LogP contribution in [0.2, 0.25) is 5.02 Å². The lowest BCUT2D eigenvalue weighted by atomic mass is 9.95. The number of nitrogens with zero attached hydrogens (tertiary/aromatic N) is 4. The van der Waals surface area contributed by atoms with Gasteiger partial charge in [0.05, 0.1) is 16.0 Å². The minimum atomic E-state index is -3.40. The number of fused-ring (bicyclic) bond motifs is 1. The van der Waals surface area contributed by atoms with Gasteiger partial charge in [-0.3, -0.25) is 34.3 Å². The zero-order valence-electron chi connectivity index (χ0n) is 27.4. The minimum Gasteiger partial charge on any atom is -0.371 e. The third-order valence-electron chi connectivity index (χ3n) is 10.0. The summed E-state index contributed by atoms with van der Waals surface area (Å²) in [6.07, 6.45) is 3.81. The van der Waals surface area contributed by atoms with Crippen LogP contribution >= 0.6 is 11.6 Å². The maximum atomic E-state index is 13.7. The van der Waals surface area contributed by atoms with Crippen molar-refractivity contribution in [2.24, 2.45) is 5.92 Å². The molecule has 4 aliphatic heterocycles. The third kappa shape index (κ3) is 6.35. The maximum absolute atomic E-state index is 13.7. The van der Waals surface area contributed by atoms with Gasteiger partial charge in [-0.25, -0.2) is 13.2 Å². The van der Waals surface area contributed by atoms with Crippen LogP contribution in [-0.2, 0) is 19.4 Å². The van der Waals surface area contributed by atoms with Gasteiger partial charge in [-0.2, -0.15) is 0 Å². The fourth-order valence-electron chi connectivity index (χ4n) is 7.33. The summed E-state index contributed by atoms with van der Waals surface area (Å²) in [7, 11) is -3.40. The fraction of sp³-hybridized carbons (Fsp3) is 0.361. The number of imide groups is 2. The number of carbonyl (C=O) groups is 5. The van der Waals surface area contributed by atoms with E-state index in [1.807, 2.05) is 35.2 Å². The van der Waals surface area contributed by atoms with Crippen molar-refractivity contribution in [2.45, 2.75) is 43.0 Å². The molecule has 7 rings (SSSR count). The molecule has 3 saturated heterocycles. The van der Waals surface area contributed by atoms with Gasteiger partial charge in [0, 0.05) is 67.4 Å². The van der Waals surface area contributed by atoms with Crippen LogP contribution in [0.3, 0.4) is 0 Å². The predicted molar refractivity (Wildman–Crippen MR) is 187 cm³/mol. The van der Waals surface area contributed by atoms with Crippen molar-refractivity contribution in [2.75, 3.05) is 48.8 Å². The molecule has 0 saturated carbocycles. The van der Waals surface area contributed by atoms with Gasteiger partial charge in [-0.15, -0.1) is 0 Å². The molecule has 3 fully saturated rings. The topological polar surface area (TPSA) is 144 Å². The summed E-state index contributed by atoms with van der Waals surface area (Å²) in [5.74, 6) is -1.81. The molecule has 1 unspecified atom stereocenters. The van der Waals surface area contributed by atoms with Gasteiger partial charge in [0.15, 0.2) is 9.84 Å². The molecule has 0 aromatic heterocycles. The molecular formula is C36H36ClN5O7S. The zero-order valence-corrected chi connectivity index (χ0v) is 29.0. The molecular weight excluding hydrogens is 682 g/mol. The van der Waals surface area contributed by atoms with Crippen molar-refractivity contribution >= 4 is 62.5 Å². The molecule has 50 heavy (non-hydrogen) atoms. The Kier molecular flexibility index (Phi) is 8.89. The molecule has 0 radical (unpaired) electrons. The molecule has 1 atom stereocenters. The van der Waals surface area contributed by atoms with Crippen LogP contribution < -0.4 is 15.1 Å². The number of amides is 6. The number of urea groups is 1. The Morgan fingerprint density at radius 3 is 2.26 bits per heavy atom. The number of nitrogens with one attached hydrogen (secondary N) is 1. The maximum Gasteiger partial charge on any atom is 0.324 e. The van der Waals surface area contributed by atoms with Gasteiger partial charge in [-0.05, 0) is 79.6 Å². The van der Waals surface area contributed by atoms with Crippen LogP contribution in [0.25, 0.3) is 11.1 Å². The Morgan fingerprint density at radius 2 is 1.54 bits per heavy atom. The smallest absolute Gasteiger partial charge is 0.324 e. The van der Waals surface area contributed by atoms with E-state index in [4.69, 9.17) is 11.6 Å². The standard InChI is InChI=1S/C36H36ClN5O7S/c1-50(48,49)26-7-9-27(30(37)20-26)23-4-2-5-25(18-23)41-15-3-14-40(36(41)47)21-22-12-16-39(17-13-22)24-6-8-28-29(19-24)35(46)42(34(28)45)31-10-11-32(43)38-33(31)44/h2,4-9,18-20,22,31H,3,10-17,21H2,1H3,(H,38,43,44). The second kappa shape index (κ2) is 13.2. The quantitative estimate of drug-likeness (QED) is 0.355. The van der Waals surface area contributed by atoms with Crippen LogP contribution in [0.1, 0.15) is 52.8 Å². The largest absolute Gasteiger partial charge is 0.371 e. The normalized spacial score (nSPS) is 20.4. The Bertz CT molecular complexity index is 2050. The second-order valence-electron chi connectivity index (χ2n) is 13.3.